The van der Waals surface area contributed by atoms with Gasteiger partial charge >= 0.3 is 0 Å². The fraction of sp³-hybridized carbons (Fsp3) is 0.182. The van der Waals surface area contributed by atoms with Gasteiger partial charge in [-0.3, -0.25) is 4.98 Å². The second kappa shape index (κ2) is 5.17. The minimum atomic E-state index is 1.13. The molecule has 0 N–H and O–H groups in total. The lowest BCUT2D eigenvalue weighted by molar-refractivity contribution is 1.16. The average Bonchev–Trinajstić information content (AvgIpc) is 2.72. The number of aromatic nitrogens is 1. The molecule has 1 aromatic heterocycles. The van der Waals surface area contributed by atoms with Gasteiger partial charge in [0, 0.05) is 5.75 Å². The zero-order valence-corrected chi connectivity index (χ0v) is 9.35. The Hall–Kier alpha value is -0.800. The number of thioether (sulfide) groups is 1. The van der Waals surface area contributed by atoms with E-state index in [2.05, 4.69) is 35.3 Å². The predicted octanol–water partition coefficient (Wildman–Crippen LogP) is 3.48. The van der Waals surface area contributed by atoms with Crippen molar-refractivity contribution in [2.24, 2.45) is 0 Å². The Kier molecular flexibility index (Phi) is 3.60. The highest BCUT2D eigenvalue weighted by atomic mass is 32.2. The first kappa shape index (κ1) is 9.74. The Labute approximate surface area is 92.2 Å². The first-order chi connectivity index (χ1) is 6.95. The van der Waals surface area contributed by atoms with Gasteiger partial charge in [-0.1, -0.05) is 30.3 Å². The largest absolute Gasteiger partial charge is 0.252 e. The molecule has 3 heteroatoms. The summed E-state index contributed by atoms with van der Waals surface area (Å²) in [5.41, 5.74) is 3.29. The van der Waals surface area contributed by atoms with Crippen molar-refractivity contribution in [2.45, 2.75) is 10.6 Å². The van der Waals surface area contributed by atoms with Crippen LogP contribution in [0.25, 0.3) is 0 Å². The van der Waals surface area contributed by atoms with Crippen LogP contribution in [0.3, 0.4) is 0 Å². The first-order valence-corrected chi connectivity index (χ1v) is 6.37. The summed E-state index contributed by atoms with van der Waals surface area (Å²) >= 11 is 3.59. The van der Waals surface area contributed by atoms with E-state index in [0.717, 1.165) is 12.2 Å². The molecular formula is C11H11NS2. The van der Waals surface area contributed by atoms with Crippen LogP contribution in [0.4, 0.5) is 0 Å². The molecule has 2 rings (SSSR count). The minimum Gasteiger partial charge on any atom is -0.252 e. The average molecular weight is 221 g/mol. The Balaban J connectivity index is 1.79. The van der Waals surface area contributed by atoms with E-state index in [4.69, 9.17) is 0 Å². The van der Waals surface area contributed by atoms with Crippen molar-refractivity contribution in [1.82, 2.24) is 4.98 Å². The Morgan fingerprint density at radius 2 is 2.07 bits per heavy atom. The summed E-state index contributed by atoms with van der Waals surface area (Å²) in [5.74, 6) is 1.13. The molecule has 0 atom stereocenters. The normalized spacial score (nSPS) is 10.3. The summed E-state index contributed by atoms with van der Waals surface area (Å²) in [6.07, 6.45) is 3.06. The van der Waals surface area contributed by atoms with Crippen molar-refractivity contribution in [3.63, 3.8) is 0 Å². The molecule has 0 saturated heterocycles. The third-order valence-electron chi connectivity index (χ3n) is 1.89. The van der Waals surface area contributed by atoms with E-state index in [9.17, 15) is 0 Å². The second-order valence-corrected chi connectivity index (χ2v) is 5.19. The highest BCUT2D eigenvalue weighted by Crippen LogP contribution is 2.22. The lowest BCUT2D eigenvalue weighted by atomic mass is 10.2. The van der Waals surface area contributed by atoms with Gasteiger partial charge < -0.3 is 0 Å². The molecule has 0 aliphatic rings. The number of aryl methyl sites for hydroxylation is 1. The van der Waals surface area contributed by atoms with Crippen molar-refractivity contribution in [3.05, 3.63) is 47.6 Å². The molecule has 14 heavy (non-hydrogen) atoms. The molecule has 1 heterocycles. The lowest BCUT2D eigenvalue weighted by Gasteiger charge is -1.98. The van der Waals surface area contributed by atoms with Crippen LogP contribution in [0.1, 0.15) is 5.56 Å². The van der Waals surface area contributed by atoms with Crippen LogP contribution in [0, 0.1) is 0 Å². The van der Waals surface area contributed by atoms with E-state index >= 15 is 0 Å². The fourth-order valence-electron chi connectivity index (χ4n) is 1.19. The van der Waals surface area contributed by atoms with E-state index in [-0.39, 0.29) is 0 Å². The van der Waals surface area contributed by atoms with E-state index in [0.29, 0.717) is 0 Å². The van der Waals surface area contributed by atoms with Gasteiger partial charge in [0.25, 0.3) is 0 Å². The van der Waals surface area contributed by atoms with E-state index in [1.807, 2.05) is 23.5 Å². The van der Waals surface area contributed by atoms with Crippen molar-refractivity contribution in [1.29, 1.82) is 0 Å². The molecule has 0 bridgehead atoms. The summed E-state index contributed by atoms with van der Waals surface area (Å²) in [7, 11) is 0. The monoisotopic (exact) mass is 221 g/mol. The van der Waals surface area contributed by atoms with Gasteiger partial charge in [-0.15, -0.1) is 23.1 Å². The van der Waals surface area contributed by atoms with Gasteiger partial charge in [-0.05, 0) is 12.0 Å². The molecule has 1 aromatic carbocycles. The Morgan fingerprint density at radius 3 is 2.79 bits per heavy atom. The third kappa shape index (κ3) is 2.86. The maximum absolute atomic E-state index is 4.05. The molecule has 0 saturated carbocycles. The molecule has 0 spiro atoms. The number of hydrogen-bond acceptors (Lipinski definition) is 3. The van der Waals surface area contributed by atoms with Crippen molar-refractivity contribution in [3.8, 4) is 0 Å². The molecule has 0 unspecified atom stereocenters. The van der Waals surface area contributed by atoms with Gasteiger partial charge in [-0.2, -0.15) is 0 Å². The van der Waals surface area contributed by atoms with E-state index < -0.39 is 0 Å². The zero-order chi connectivity index (χ0) is 9.64. The highest BCUT2D eigenvalue weighted by molar-refractivity contribution is 8.01. The van der Waals surface area contributed by atoms with Crippen LogP contribution in [0.15, 0.2) is 46.2 Å². The van der Waals surface area contributed by atoms with Crippen molar-refractivity contribution >= 4 is 23.1 Å². The summed E-state index contributed by atoms with van der Waals surface area (Å²) in [4.78, 5) is 4.05. The third-order valence-corrected chi connectivity index (χ3v) is 3.89. The second-order valence-electron chi connectivity index (χ2n) is 2.90. The van der Waals surface area contributed by atoms with Crippen molar-refractivity contribution < 1.29 is 0 Å². The Bertz CT molecular complexity index is 356. The number of thiazole rings is 1. The topological polar surface area (TPSA) is 12.9 Å². The maximum Gasteiger partial charge on any atom is 0.0803 e. The van der Waals surface area contributed by atoms with Gasteiger partial charge in [-0.25, -0.2) is 0 Å². The zero-order valence-electron chi connectivity index (χ0n) is 7.72. The summed E-state index contributed by atoms with van der Waals surface area (Å²) in [6, 6.07) is 10.6. The fourth-order valence-corrected chi connectivity index (χ4v) is 2.86. The molecule has 0 aliphatic carbocycles. The molecule has 72 valence electrons. The number of rotatable bonds is 4. The molecule has 0 radical (unpaired) electrons. The SMILES string of the molecule is c1ccc(CCSc2cncs2)cc1. The standard InChI is InChI=1S/C11H11NS2/c1-2-4-10(5-3-1)6-7-13-11-8-12-9-14-11/h1-5,8-9H,6-7H2. The van der Waals surface area contributed by atoms with E-state index in [1.54, 1.807) is 11.3 Å². The van der Waals surface area contributed by atoms with Gasteiger partial charge in [0.05, 0.1) is 15.9 Å². The van der Waals surface area contributed by atoms with Crippen LogP contribution in [-0.2, 0) is 6.42 Å². The number of hydrogen-bond donors (Lipinski definition) is 0. The van der Waals surface area contributed by atoms with Crippen LogP contribution in [-0.4, -0.2) is 10.7 Å². The summed E-state index contributed by atoms with van der Waals surface area (Å²) in [6.45, 7) is 0. The van der Waals surface area contributed by atoms with Crippen LogP contribution >= 0.6 is 23.1 Å². The van der Waals surface area contributed by atoms with Crippen molar-refractivity contribution in [2.75, 3.05) is 5.75 Å². The summed E-state index contributed by atoms with van der Waals surface area (Å²) < 4.78 is 1.31. The minimum absolute atomic E-state index is 1.13. The number of benzene rings is 1. The van der Waals surface area contributed by atoms with Gasteiger partial charge in [0.1, 0.15) is 0 Å². The molecular weight excluding hydrogens is 210 g/mol. The number of nitrogens with zero attached hydrogens (tertiary/aromatic N) is 1. The maximum atomic E-state index is 4.05. The van der Waals surface area contributed by atoms with Crippen LogP contribution in [0.5, 0.6) is 0 Å². The quantitative estimate of drug-likeness (QED) is 0.733. The first-order valence-electron chi connectivity index (χ1n) is 4.50. The highest BCUT2D eigenvalue weighted by Gasteiger charge is 1.96. The van der Waals surface area contributed by atoms with Crippen LogP contribution in [0.2, 0.25) is 0 Å². The Morgan fingerprint density at radius 1 is 1.21 bits per heavy atom. The molecule has 0 aliphatic heterocycles. The van der Waals surface area contributed by atoms with Gasteiger partial charge in [0.15, 0.2) is 0 Å². The van der Waals surface area contributed by atoms with Gasteiger partial charge in [0.2, 0.25) is 0 Å². The lowest BCUT2D eigenvalue weighted by Crippen LogP contribution is -1.86. The molecule has 0 fully saturated rings. The molecule has 2 aromatic rings. The summed E-state index contributed by atoms with van der Waals surface area (Å²) in [5, 5.41) is 0. The predicted molar refractivity (Wildman–Crippen MR) is 63.0 cm³/mol. The van der Waals surface area contributed by atoms with Crippen LogP contribution < -0.4 is 0 Å². The molecule has 0 amide bonds. The molecule has 1 nitrogen and oxygen atoms in total. The smallest absolute Gasteiger partial charge is 0.0803 e. The van der Waals surface area contributed by atoms with E-state index in [1.165, 1.54) is 9.77 Å².